The molecule has 0 bridgehead atoms. The molecule has 0 spiro atoms. The second-order valence-corrected chi connectivity index (χ2v) is 3.92. The standard InChI is InChI=1S/C13H18O3/c1-10(2)12-5-4-6-13(9-12)16-8-7-15-11(3)14/h4-6,9-10H,7-8H2,1-3H3. The fourth-order valence-electron chi connectivity index (χ4n) is 1.31. The number of carbonyl (C=O) groups is 1. The summed E-state index contributed by atoms with van der Waals surface area (Å²) in [7, 11) is 0. The van der Waals surface area contributed by atoms with Gasteiger partial charge in [0.2, 0.25) is 0 Å². The Kier molecular flexibility index (Phi) is 4.83. The van der Waals surface area contributed by atoms with Gasteiger partial charge in [0.1, 0.15) is 19.0 Å². The summed E-state index contributed by atoms with van der Waals surface area (Å²) in [6.45, 7) is 6.34. The number of benzene rings is 1. The maximum Gasteiger partial charge on any atom is 0.302 e. The molecule has 3 heteroatoms. The molecular formula is C13H18O3. The quantitative estimate of drug-likeness (QED) is 0.567. The van der Waals surface area contributed by atoms with Gasteiger partial charge in [-0.3, -0.25) is 4.79 Å². The van der Waals surface area contributed by atoms with Crippen molar-refractivity contribution in [3.63, 3.8) is 0 Å². The Labute approximate surface area is 96.4 Å². The Morgan fingerprint density at radius 2 is 2.06 bits per heavy atom. The van der Waals surface area contributed by atoms with Gasteiger partial charge in [0.15, 0.2) is 0 Å². The van der Waals surface area contributed by atoms with E-state index in [0.717, 1.165) is 5.75 Å². The zero-order valence-electron chi connectivity index (χ0n) is 10.0. The van der Waals surface area contributed by atoms with E-state index in [-0.39, 0.29) is 5.97 Å². The highest BCUT2D eigenvalue weighted by molar-refractivity contribution is 5.65. The molecule has 88 valence electrons. The van der Waals surface area contributed by atoms with Gasteiger partial charge in [0.25, 0.3) is 0 Å². The highest BCUT2D eigenvalue weighted by Crippen LogP contribution is 2.19. The van der Waals surface area contributed by atoms with Crippen LogP contribution < -0.4 is 4.74 Å². The summed E-state index contributed by atoms with van der Waals surface area (Å²) >= 11 is 0. The van der Waals surface area contributed by atoms with Crippen molar-refractivity contribution in [3.8, 4) is 5.75 Å². The van der Waals surface area contributed by atoms with Crippen molar-refractivity contribution in [3.05, 3.63) is 29.8 Å². The van der Waals surface area contributed by atoms with E-state index in [1.165, 1.54) is 12.5 Å². The topological polar surface area (TPSA) is 35.5 Å². The summed E-state index contributed by atoms with van der Waals surface area (Å²) in [6.07, 6.45) is 0. The Morgan fingerprint density at radius 1 is 1.31 bits per heavy atom. The molecule has 16 heavy (non-hydrogen) atoms. The molecule has 0 heterocycles. The monoisotopic (exact) mass is 222 g/mol. The zero-order valence-corrected chi connectivity index (χ0v) is 10.0. The lowest BCUT2D eigenvalue weighted by Crippen LogP contribution is -2.09. The van der Waals surface area contributed by atoms with Gasteiger partial charge in [-0.15, -0.1) is 0 Å². The first kappa shape index (κ1) is 12.6. The molecule has 0 atom stereocenters. The third kappa shape index (κ3) is 4.34. The van der Waals surface area contributed by atoms with E-state index in [4.69, 9.17) is 9.47 Å². The molecule has 0 aromatic heterocycles. The Morgan fingerprint density at radius 3 is 2.69 bits per heavy atom. The summed E-state index contributed by atoms with van der Waals surface area (Å²) < 4.78 is 10.2. The average Bonchev–Trinajstić information content (AvgIpc) is 2.24. The summed E-state index contributed by atoms with van der Waals surface area (Å²) in [5.41, 5.74) is 1.24. The Balaban J connectivity index is 2.42. The number of carbonyl (C=O) groups excluding carboxylic acids is 1. The van der Waals surface area contributed by atoms with Crippen LogP contribution in [0, 0.1) is 0 Å². The van der Waals surface area contributed by atoms with Gasteiger partial charge in [-0.2, -0.15) is 0 Å². The molecule has 1 aromatic carbocycles. The number of ether oxygens (including phenoxy) is 2. The SMILES string of the molecule is CC(=O)OCCOc1cccc(C(C)C)c1. The summed E-state index contributed by atoms with van der Waals surface area (Å²) in [5, 5.41) is 0. The molecule has 0 fully saturated rings. The van der Waals surface area contributed by atoms with Crippen LogP contribution in [0.3, 0.4) is 0 Å². The van der Waals surface area contributed by atoms with Gasteiger partial charge in [-0.25, -0.2) is 0 Å². The maximum absolute atomic E-state index is 10.5. The summed E-state index contributed by atoms with van der Waals surface area (Å²) in [4.78, 5) is 10.5. The third-order valence-electron chi connectivity index (χ3n) is 2.18. The minimum Gasteiger partial charge on any atom is -0.490 e. The molecule has 0 aliphatic carbocycles. The molecule has 0 saturated carbocycles. The highest BCUT2D eigenvalue weighted by atomic mass is 16.6. The maximum atomic E-state index is 10.5. The smallest absolute Gasteiger partial charge is 0.302 e. The number of rotatable bonds is 5. The van der Waals surface area contributed by atoms with E-state index < -0.39 is 0 Å². The molecule has 3 nitrogen and oxygen atoms in total. The van der Waals surface area contributed by atoms with Crippen LogP contribution in [0.5, 0.6) is 5.75 Å². The molecule has 1 aromatic rings. The number of hydrogen-bond donors (Lipinski definition) is 0. The van der Waals surface area contributed by atoms with Crippen molar-refractivity contribution in [2.75, 3.05) is 13.2 Å². The van der Waals surface area contributed by atoms with Gasteiger partial charge in [0, 0.05) is 6.92 Å². The van der Waals surface area contributed by atoms with E-state index in [9.17, 15) is 4.79 Å². The van der Waals surface area contributed by atoms with Crippen LogP contribution in [0.25, 0.3) is 0 Å². The normalized spacial score (nSPS) is 10.2. The van der Waals surface area contributed by atoms with Crippen LogP contribution in [-0.4, -0.2) is 19.2 Å². The van der Waals surface area contributed by atoms with Crippen LogP contribution in [0.15, 0.2) is 24.3 Å². The Bertz CT molecular complexity index is 345. The molecule has 0 saturated heterocycles. The van der Waals surface area contributed by atoms with Crippen LogP contribution in [0.2, 0.25) is 0 Å². The molecule has 0 aliphatic heterocycles. The second kappa shape index (κ2) is 6.16. The first-order chi connectivity index (χ1) is 7.59. The molecule has 0 N–H and O–H groups in total. The number of hydrogen-bond acceptors (Lipinski definition) is 3. The third-order valence-corrected chi connectivity index (χ3v) is 2.18. The minimum absolute atomic E-state index is 0.278. The Hall–Kier alpha value is -1.51. The molecule has 1 rings (SSSR count). The fourth-order valence-corrected chi connectivity index (χ4v) is 1.31. The molecule has 0 radical (unpaired) electrons. The van der Waals surface area contributed by atoms with Crippen LogP contribution >= 0.6 is 0 Å². The zero-order chi connectivity index (χ0) is 12.0. The molecule has 0 unspecified atom stereocenters. The van der Waals surface area contributed by atoms with Crippen molar-refractivity contribution in [1.82, 2.24) is 0 Å². The van der Waals surface area contributed by atoms with Gasteiger partial charge < -0.3 is 9.47 Å². The average molecular weight is 222 g/mol. The van der Waals surface area contributed by atoms with E-state index in [1.807, 2.05) is 18.2 Å². The number of esters is 1. The van der Waals surface area contributed by atoms with Gasteiger partial charge in [0.05, 0.1) is 0 Å². The first-order valence-corrected chi connectivity index (χ1v) is 5.45. The molecule has 0 aliphatic rings. The van der Waals surface area contributed by atoms with Gasteiger partial charge in [-0.1, -0.05) is 26.0 Å². The predicted molar refractivity (Wildman–Crippen MR) is 62.7 cm³/mol. The molecular weight excluding hydrogens is 204 g/mol. The van der Waals surface area contributed by atoms with E-state index in [1.54, 1.807) is 0 Å². The van der Waals surface area contributed by atoms with Crippen molar-refractivity contribution < 1.29 is 14.3 Å². The lowest BCUT2D eigenvalue weighted by molar-refractivity contribution is -0.141. The van der Waals surface area contributed by atoms with Crippen LogP contribution in [0.1, 0.15) is 32.3 Å². The fraction of sp³-hybridized carbons (Fsp3) is 0.462. The van der Waals surface area contributed by atoms with E-state index in [2.05, 4.69) is 19.9 Å². The van der Waals surface area contributed by atoms with Crippen LogP contribution in [-0.2, 0) is 9.53 Å². The molecule has 0 amide bonds. The summed E-state index contributed by atoms with van der Waals surface area (Å²) in [6, 6.07) is 7.96. The van der Waals surface area contributed by atoms with Crippen molar-refractivity contribution in [1.29, 1.82) is 0 Å². The minimum atomic E-state index is -0.278. The van der Waals surface area contributed by atoms with Crippen LogP contribution in [0.4, 0.5) is 0 Å². The largest absolute Gasteiger partial charge is 0.490 e. The lowest BCUT2D eigenvalue weighted by Gasteiger charge is -2.09. The van der Waals surface area contributed by atoms with Crippen molar-refractivity contribution in [2.24, 2.45) is 0 Å². The van der Waals surface area contributed by atoms with Crippen molar-refractivity contribution >= 4 is 5.97 Å². The van der Waals surface area contributed by atoms with E-state index in [0.29, 0.717) is 19.1 Å². The second-order valence-electron chi connectivity index (χ2n) is 3.92. The van der Waals surface area contributed by atoms with Gasteiger partial charge >= 0.3 is 5.97 Å². The lowest BCUT2D eigenvalue weighted by atomic mass is 10.0. The first-order valence-electron chi connectivity index (χ1n) is 5.45. The van der Waals surface area contributed by atoms with Crippen molar-refractivity contribution in [2.45, 2.75) is 26.7 Å². The predicted octanol–water partition coefficient (Wildman–Crippen LogP) is 2.75. The summed E-state index contributed by atoms with van der Waals surface area (Å²) in [5.74, 6) is 1.02. The van der Waals surface area contributed by atoms with E-state index >= 15 is 0 Å². The van der Waals surface area contributed by atoms with Gasteiger partial charge in [-0.05, 0) is 23.6 Å². The highest BCUT2D eigenvalue weighted by Gasteiger charge is 2.01.